The summed E-state index contributed by atoms with van der Waals surface area (Å²) in [4.78, 5) is 36.2. The maximum absolute atomic E-state index is 16.0. The summed E-state index contributed by atoms with van der Waals surface area (Å²) in [6.45, 7) is 24.4. The van der Waals surface area contributed by atoms with Gasteiger partial charge in [-0.25, -0.2) is 0 Å². The van der Waals surface area contributed by atoms with Crippen LogP contribution in [0.1, 0.15) is 247 Å². The topological polar surface area (TPSA) is 43.8 Å². The standard InChI is InChI=1S/C71H100N2O2S6/c1-11-17-21-24-26-30-35-50(33-28-20-14-4)47-73-66(59-43-44-62(79-59)71(8,9)10)64-63(69(73)74)65(72(70(64)75)48-51(34-29-23-19-13-3)36-31-27-25-22-18-12-2)58-42-41-55(78-58)54-39-40-57(77-54)61-46-53(32-15-5)68(81-61)67-52(16-6)45-60(80-67)56-38-37-49(7)76-56/h37-46,50-51,69,74H,11-36,47-48H2,1-10H3. The van der Waals surface area contributed by atoms with Crippen LogP contribution in [0, 0.1) is 18.8 Å². The Kier molecular flexibility index (Phi) is 24.7. The zero-order valence-electron chi connectivity index (χ0n) is 51.5. The number of carbonyl (C=O) groups excluding carboxylic acids is 1. The fourth-order valence-corrected chi connectivity index (χ4v) is 19.4. The number of nitrogens with zero attached hydrogens (tertiary/aromatic N) is 2. The van der Waals surface area contributed by atoms with E-state index in [0.717, 1.165) is 83.8 Å². The van der Waals surface area contributed by atoms with Crippen molar-refractivity contribution in [3.63, 3.8) is 0 Å². The molecule has 1 N–H and O–H groups in total. The van der Waals surface area contributed by atoms with Crippen LogP contribution < -0.4 is 0 Å². The van der Waals surface area contributed by atoms with Crippen molar-refractivity contribution in [2.24, 2.45) is 11.8 Å². The SMILES string of the molecule is CCCCCCCCC(CCCCCC)CN1C(=O)C2=C(c3ccc(C(C)(C)C)s3)N(CC(CCCCC)CCCCCCCC)C(O)C2=C1c1ccc(-c2ccc(-c3cc(CCC)c(-c4sc(-c5ccc(C)s5)cc4CC)s3)s2)s1. The average Bonchev–Trinajstić information content (AvgIpc) is 4.34. The Bertz CT molecular complexity index is 2960. The number of unbranched alkanes of at least 4 members (excludes halogenated alkanes) is 15. The van der Waals surface area contributed by atoms with Gasteiger partial charge in [-0.1, -0.05) is 191 Å². The van der Waals surface area contributed by atoms with Gasteiger partial charge in [0.15, 0.2) is 6.23 Å². The van der Waals surface area contributed by atoms with Crippen LogP contribution in [0.4, 0.5) is 0 Å². The number of aliphatic hydroxyl groups is 1. The molecule has 3 unspecified atom stereocenters. The molecule has 0 saturated heterocycles. The van der Waals surface area contributed by atoms with Crippen molar-refractivity contribution in [1.82, 2.24) is 9.80 Å². The molecule has 10 heteroatoms. The van der Waals surface area contributed by atoms with Crippen LogP contribution in [-0.4, -0.2) is 40.1 Å². The largest absolute Gasteiger partial charge is 0.369 e. The van der Waals surface area contributed by atoms with Gasteiger partial charge in [-0.3, -0.25) is 4.79 Å². The van der Waals surface area contributed by atoms with E-state index >= 15 is 4.79 Å². The van der Waals surface area contributed by atoms with Gasteiger partial charge in [0.05, 0.1) is 26.7 Å². The Morgan fingerprint density at radius 2 is 0.926 bits per heavy atom. The predicted octanol–water partition coefficient (Wildman–Crippen LogP) is 23.7. The third kappa shape index (κ3) is 16.3. The van der Waals surface area contributed by atoms with Gasteiger partial charge in [-0.15, -0.1) is 68.0 Å². The van der Waals surface area contributed by atoms with E-state index in [9.17, 15) is 5.11 Å². The van der Waals surface area contributed by atoms with Crippen molar-refractivity contribution in [2.45, 2.75) is 248 Å². The van der Waals surface area contributed by atoms with Crippen molar-refractivity contribution >= 4 is 85.3 Å². The predicted molar refractivity (Wildman–Crippen MR) is 363 cm³/mol. The number of amides is 1. The molecular weight excluding hydrogens is 1110 g/mol. The van der Waals surface area contributed by atoms with Gasteiger partial charge >= 0.3 is 0 Å². The molecule has 4 nitrogen and oxygen atoms in total. The molecule has 6 aromatic heterocycles. The van der Waals surface area contributed by atoms with E-state index < -0.39 is 6.23 Å². The minimum atomic E-state index is -0.898. The summed E-state index contributed by atoms with van der Waals surface area (Å²) in [7, 11) is 0. The summed E-state index contributed by atoms with van der Waals surface area (Å²) in [6.07, 6.45) is 30.8. The highest BCUT2D eigenvalue weighted by molar-refractivity contribution is 7.30. The van der Waals surface area contributed by atoms with Crippen LogP contribution >= 0.6 is 68.0 Å². The molecular formula is C71H100N2O2S6. The van der Waals surface area contributed by atoms with Gasteiger partial charge < -0.3 is 14.9 Å². The molecule has 1 amide bonds. The first-order chi connectivity index (χ1) is 39.3. The number of hydrogen-bond acceptors (Lipinski definition) is 9. The molecule has 2 aliphatic heterocycles. The number of carbonyl (C=O) groups is 1. The van der Waals surface area contributed by atoms with Crippen molar-refractivity contribution < 1.29 is 9.90 Å². The van der Waals surface area contributed by atoms with Crippen LogP contribution in [-0.2, 0) is 23.1 Å². The van der Waals surface area contributed by atoms with Crippen LogP contribution in [0.2, 0.25) is 0 Å². The van der Waals surface area contributed by atoms with E-state index in [1.165, 1.54) is 182 Å². The van der Waals surface area contributed by atoms with E-state index in [4.69, 9.17) is 0 Å². The van der Waals surface area contributed by atoms with Crippen molar-refractivity contribution in [3.05, 3.63) is 102 Å². The Hall–Kier alpha value is -3.09. The Labute approximate surface area is 515 Å². The number of aryl methyl sites for hydroxylation is 3. The first-order valence-electron chi connectivity index (χ1n) is 32.2. The van der Waals surface area contributed by atoms with E-state index in [-0.39, 0.29) is 11.3 Å². The highest BCUT2D eigenvalue weighted by atomic mass is 32.1. The van der Waals surface area contributed by atoms with Gasteiger partial charge in [0.1, 0.15) is 0 Å². The third-order valence-electron chi connectivity index (χ3n) is 17.1. The Morgan fingerprint density at radius 1 is 0.481 bits per heavy atom. The van der Waals surface area contributed by atoms with Gasteiger partial charge in [0.2, 0.25) is 0 Å². The van der Waals surface area contributed by atoms with Crippen LogP contribution in [0.25, 0.3) is 50.4 Å². The fraction of sp³-hybridized carbons (Fsp3) is 0.592. The number of fused-ring (bicyclic) bond motifs is 1. The molecule has 0 aromatic carbocycles. The van der Waals surface area contributed by atoms with E-state index in [1.807, 2.05) is 68.0 Å². The first kappa shape index (κ1) is 63.9. The smallest absolute Gasteiger partial charge is 0.261 e. The lowest BCUT2D eigenvalue weighted by Gasteiger charge is -2.33. The molecule has 0 bridgehead atoms. The molecule has 8 heterocycles. The lowest BCUT2D eigenvalue weighted by Crippen LogP contribution is -2.36. The third-order valence-corrected chi connectivity index (χ3v) is 24.9. The molecule has 2 aliphatic rings. The highest BCUT2D eigenvalue weighted by Gasteiger charge is 2.50. The molecule has 8 rings (SSSR count). The second-order valence-corrected chi connectivity index (χ2v) is 31.4. The second kappa shape index (κ2) is 31.3. The van der Waals surface area contributed by atoms with Gasteiger partial charge in [0, 0.05) is 67.4 Å². The van der Waals surface area contributed by atoms with E-state index in [0.29, 0.717) is 18.4 Å². The zero-order chi connectivity index (χ0) is 57.5. The maximum atomic E-state index is 16.0. The summed E-state index contributed by atoms with van der Waals surface area (Å²) in [5, 5.41) is 13.3. The number of aliphatic hydroxyl groups excluding tert-OH is 1. The Balaban J connectivity index is 1.19. The normalized spacial score (nSPS) is 15.6. The van der Waals surface area contributed by atoms with Crippen LogP contribution in [0.3, 0.4) is 0 Å². The monoisotopic (exact) mass is 1200 g/mol. The average molecular weight is 1210 g/mol. The van der Waals surface area contributed by atoms with Gasteiger partial charge in [-0.05, 0) is 134 Å². The minimum Gasteiger partial charge on any atom is -0.369 e. The second-order valence-electron chi connectivity index (χ2n) is 24.8. The fourth-order valence-electron chi connectivity index (χ4n) is 12.4. The van der Waals surface area contributed by atoms with Crippen molar-refractivity contribution in [1.29, 1.82) is 0 Å². The molecule has 0 radical (unpaired) electrons. The quantitative estimate of drug-likeness (QED) is 0.0399. The zero-order valence-corrected chi connectivity index (χ0v) is 56.4. The van der Waals surface area contributed by atoms with Crippen molar-refractivity contribution in [3.8, 4) is 39.0 Å². The maximum Gasteiger partial charge on any atom is 0.261 e. The summed E-state index contributed by atoms with van der Waals surface area (Å²) in [6, 6.07) is 23.3. The van der Waals surface area contributed by atoms with Crippen LogP contribution in [0.5, 0.6) is 0 Å². The summed E-state index contributed by atoms with van der Waals surface area (Å²) >= 11 is 11.4. The molecule has 3 atom stereocenters. The molecule has 0 aliphatic carbocycles. The Morgan fingerprint density at radius 3 is 1.47 bits per heavy atom. The summed E-state index contributed by atoms with van der Waals surface area (Å²) in [5.74, 6) is 0.946. The lowest BCUT2D eigenvalue weighted by atomic mass is 9.93. The first-order valence-corrected chi connectivity index (χ1v) is 37.1. The number of hydrogen-bond donors (Lipinski definition) is 1. The molecule has 6 aromatic rings. The van der Waals surface area contributed by atoms with Gasteiger partial charge in [0.25, 0.3) is 5.91 Å². The van der Waals surface area contributed by atoms with E-state index in [2.05, 4.69) is 140 Å². The molecule has 0 saturated carbocycles. The summed E-state index contributed by atoms with van der Waals surface area (Å²) < 4.78 is 0. The lowest BCUT2D eigenvalue weighted by molar-refractivity contribution is -0.123. The van der Waals surface area contributed by atoms with E-state index in [1.54, 1.807) is 0 Å². The molecule has 0 fully saturated rings. The molecule has 0 spiro atoms. The van der Waals surface area contributed by atoms with Crippen LogP contribution in [0.15, 0.2) is 71.8 Å². The number of rotatable bonds is 36. The number of thiophene rings is 6. The highest BCUT2D eigenvalue weighted by Crippen LogP contribution is 2.54. The molecule has 442 valence electrons. The molecule has 81 heavy (non-hydrogen) atoms. The summed E-state index contributed by atoms with van der Waals surface area (Å²) in [5.41, 5.74) is 6.45. The minimum absolute atomic E-state index is 0.0252. The van der Waals surface area contributed by atoms with Gasteiger partial charge in [-0.2, -0.15) is 0 Å². The van der Waals surface area contributed by atoms with Crippen molar-refractivity contribution in [2.75, 3.05) is 13.1 Å².